The molecule has 0 saturated carbocycles. The lowest BCUT2D eigenvalue weighted by atomic mass is 10.1. The molecule has 1 atom stereocenters. The minimum atomic E-state index is 0.0992. The minimum absolute atomic E-state index is 0.0992. The van der Waals surface area contributed by atoms with Gasteiger partial charge in [0, 0.05) is 18.3 Å². The molecule has 0 aliphatic rings. The Bertz CT molecular complexity index is 545. The first kappa shape index (κ1) is 14.8. The molecule has 0 aliphatic carbocycles. The Balaban J connectivity index is 1.85. The van der Waals surface area contributed by atoms with Crippen LogP contribution in [0.25, 0.3) is 0 Å². The van der Waals surface area contributed by atoms with Crippen LogP contribution in [0.4, 0.5) is 0 Å². The summed E-state index contributed by atoms with van der Waals surface area (Å²) >= 11 is 0. The van der Waals surface area contributed by atoms with Gasteiger partial charge in [0.15, 0.2) is 0 Å². The van der Waals surface area contributed by atoms with Gasteiger partial charge in [-0.15, -0.1) is 0 Å². The Morgan fingerprint density at radius 3 is 2.40 bits per heavy atom. The maximum Gasteiger partial charge on any atom is 0.0681 e. The first-order chi connectivity index (χ1) is 9.58. The number of nitrogens with one attached hydrogen (secondary N) is 1. The fraction of sp³-hybridized carbons (Fsp3) is 0.438. The summed E-state index contributed by atoms with van der Waals surface area (Å²) in [7, 11) is 0. The number of aliphatic hydroxyl groups is 1. The molecule has 0 saturated heterocycles. The Morgan fingerprint density at radius 2 is 1.85 bits per heavy atom. The third-order valence-corrected chi connectivity index (χ3v) is 3.41. The quantitative estimate of drug-likeness (QED) is 0.848. The van der Waals surface area contributed by atoms with Crippen molar-refractivity contribution in [1.29, 1.82) is 0 Å². The second-order valence-electron chi connectivity index (χ2n) is 5.37. The van der Waals surface area contributed by atoms with E-state index in [1.807, 2.05) is 23.7 Å². The van der Waals surface area contributed by atoms with Crippen LogP contribution in [-0.4, -0.2) is 20.9 Å². The number of aryl methyl sites for hydroxylation is 2. The van der Waals surface area contributed by atoms with E-state index in [-0.39, 0.29) is 6.61 Å². The summed E-state index contributed by atoms with van der Waals surface area (Å²) in [6.07, 6.45) is 0. The van der Waals surface area contributed by atoms with Gasteiger partial charge < -0.3 is 10.4 Å². The van der Waals surface area contributed by atoms with Crippen molar-refractivity contribution in [3.63, 3.8) is 0 Å². The van der Waals surface area contributed by atoms with E-state index in [1.54, 1.807) is 0 Å². The van der Waals surface area contributed by atoms with Gasteiger partial charge in [0.25, 0.3) is 0 Å². The number of aliphatic hydroxyl groups excluding tert-OH is 1. The highest BCUT2D eigenvalue weighted by Crippen LogP contribution is 2.06. The molecule has 2 rings (SSSR count). The van der Waals surface area contributed by atoms with Gasteiger partial charge in [0.2, 0.25) is 0 Å². The van der Waals surface area contributed by atoms with Gasteiger partial charge in [0.1, 0.15) is 0 Å². The van der Waals surface area contributed by atoms with E-state index in [0.29, 0.717) is 6.04 Å². The van der Waals surface area contributed by atoms with E-state index in [0.717, 1.165) is 24.3 Å². The second-order valence-corrected chi connectivity index (χ2v) is 5.37. The molecule has 4 heteroatoms. The lowest BCUT2D eigenvalue weighted by Crippen LogP contribution is -2.30. The van der Waals surface area contributed by atoms with E-state index < -0.39 is 0 Å². The van der Waals surface area contributed by atoms with Gasteiger partial charge in [0.05, 0.1) is 18.8 Å². The zero-order valence-corrected chi connectivity index (χ0v) is 12.4. The average Bonchev–Trinajstić information content (AvgIpc) is 2.75. The maximum atomic E-state index is 9.01. The van der Waals surface area contributed by atoms with Gasteiger partial charge >= 0.3 is 0 Å². The van der Waals surface area contributed by atoms with Crippen molar-refractivity contribution in [3.05, 3.63) is 52.8 Å². The molecule has 0 amide bonds. The smallest absolute Gasteiger partial charge is 0.0681 e. The molecule has 0 spiro atoms. The number of hydrogen-bond acceptors (Lipinski definition) is 3. The van der Waals surface area contributed by atoms with E-state index in [9.17, 15) is 0 Å². The van der Waals surface area contributed by atoms with E-state index in [1.165, 1.54) is 11.3 Å². The Morgan fingerprint density at radius 1 is 1.20 bits per heavy atom. The Hall–Kier alpha value is -1.65. The van der Waals surface area contributed by atoms with Gasteiger partial charge in [-0.25, -0.2) is 0 Å². The van der Waals surface area contributed by atoms with E-state index in [2.05, 4.69) is 42.5 Å². The third kappa shape index (κ3) is 3.92. The highest BCUT2D eigenvalue weighted by atomic mass is 16.3. The molecule has 1 aromatic carbocycles. The molecule has 1 heterocycles. The van der Waals surface area contributed by atoms with Crippen molar-refractivity contribution >= 4 is 0 Å². The summed E-state index contributed by atoms with van der Waals surface area (Å²) < 4.78 is 2.04. The summed E-state index contributed by atoms with van der Waals surface area (Å²) in [6, 6.07) is 10.5. The standard InChI is InChI=1S/C16H23N3O/c1-12-8-14(3)19(18-12)10-13(2)17-9-15-4-6-16(11-20)7-5-15/h4-8,13,17,20H,9-11H2,1-3H3/t13-/m0/s1. The first-order valence-electron chi connectivity index (χ1n) is 7.01. The van der Waals surface area contributed by atoms with Crippen LogP contribution in [0.1, 0.15) is 29.4 Å². The molecule has 0 bridgehead atoms. The molecular formula is C16H23N3O. The lowest BCUT2D eigenvalue weighted by Gasteiger charge is -2.15. The van der Waals surface area contributed by atoms with Crippen LogP contribution in [0.5, 0.6) is 0 Å². The molecule has 2 N–H and O–H groups in total. The monoisotopic (exact) mass is 273 g/mol. The largest absolute Gasteiger partial charge is 0.392 e. The summed E-state index contributed by atoms with van der Waals surface area (Å²) in [5.74, 6) is 0. The van der Waals surface area contributed by atoms with Crippen LogP contribution in [0, 0.1) is 13.8 Å². The predicted octanol–water partition coefficient (Wildman–Crippen LogP) is 2.17. The van der Waals surface area contributed by atoms with E-state index >= 15 is 0 Å². The number of rotatable bonds is 6. The Kier molecular flexibility index (Phi) is 4.93. The van der Waals surface area contributed by atoms with Crippen molar-refractivity contribution in [2.24, 2.45) is 0 Å². The third-order valence-electron chi connectivity index (χ3n) is 3.41. The number of benzene rings is 1. The fourth-order valence-corrected chi connectivity index (χ4v) is 2.24. The lowest BCUT2D eigenvalue weighted by molar-refractivity contribution is 0.282. The van der Waals surface area contributed by atoms with Crippen molar-refractivity contribution in [1.82, 2.24) is 15.1 Å². The first-order valence-corrected chi connectivity index (χ1v) is 7.01. The molecule has 108 valence electrons. The van der Waals surface area contributed by atoms with Crippen LogP contribution in [0.2, 0.25) is 0 Å². The van der Waals surface area contributed by atoms with Crippen LogP contribution in [0.3, 0.4) is 0 Å². The highest BCUT2D eigenvalue weighted by molar-refractivity contribution is 5.21. The molecule has 0 radical (unpaired) electrons. The molecule has 2 aromatic rings. The number of hydrogen-bond donors (Lipinski definition) is 2. The molecule has 1 aromatic heterocycles. The summed E-state index contributed by atoms with van der Waals surface area (Å²) in [5, 5.41) is 17.0. The van der Waals surface area contributed by atoms with Crippen LogP contribution in [-0.2, 0) is 19.7 Å². The van der Waals surface area contributed by atoms with Crippen molar-refractivity contribution in [2.75, 3.05) is 0 Å². The molecule has 0 aliphatic heterocycles. The molecular weight excluding hydrogens is 250 g/mol. The normalized spacial score (nSPS) is 12.6. The van der Waals surface area contributed by atoms with Crippen LogP contribution in [0.15, 0.2) is 30.3 Å². The number of aromatic nitrogens is 2. The van der Waals surface area contributed by atoms with Crippen molar-refractivity contribution in [3.8, 4) is 0 Å². The molecule has 0 fully saturated rings. The number of nitrogens with zero attached hydrogens (tertiary/aromatic N) is 2. The highest BCUT2D eigenvalue weighted by Gasteiger charge is 2.06. The molecule has 0 unspecified atom stereocenters. The summed E-state index contributed by atoms with van der Waals surface area (Å²) in [5.41, 5.74) is 4.43. The topological polar surface area (TPSA) is 50.1 Å². The SMILES string of the molecule is Cc1cc(C)n(C[C@H](C)NCc2ccc(CO)cc2)n1. The molecule has 20 heavy (non-hydrogen) atoms. The average molecular weight is 273 g/mol. The van der Waals surface area contributed by atoms with Gasteiger partial charge in [-0.05, 0) is 38.0 Å². The Labute approximate surface area is 120 Å². The van der Waals surface area contributed by atoms with Gasteiger partial charge in [-0.1, -0.05) is 24.3 Å². The zero-order chi connectivity index (χ0) is 14.5. The molecule has 4 nitrogen and oxygen atoms in total. The van der Waals surface area contributed by atoms with Gasteiger partial charge in [-0.2, -0.15) is 5.10 Å². The van der Waals surface area contributed by atoms with Crippen LogP contribution >= 0.6 is 0 Å². The zero-order valence-electron chi connectivity index (χ0n) is 12.4. The van der Waals surface area contributed by atoms with Crippen molar-refractivity contribution < 1.29 is 5.11 Å². The van der Waals surface area contributed by atoms with Crippen LogP contribution < -0.4 is 5.32 Å². The van der Waals surface area contributed by atoms with Crippen molar-refractivity contribution in [2.45, 2.75) is 46.5 Å². The predicted molar refractivity (Wildman–Crippen MR) is 80.4 cm³/mol. The fourth-order valence-electron chi connectivity index (χ4n) is 2.24. The summed E-state index contributed by atoms with van der Waals surface area (Å²) in [6.45, 7) is 8.06. The minimum Gasteiger partial charge on any atom is -0.392 e. The maximum absolute atomic E-state index is 9.01. The van der Waals surface area contributed by atoms with E-state index in [4.69, 9.17) is 5.11 Å². The van der Waals surface area contributed by atoms with Gasteiger partial charge in [-0.3, -0.25) is 4.68 Å². The summed E-state index contributed by atoms with van der Waals surface area (Å²) in [4.78, 5) is 0. The second kappa shape index (κ2) is 6.68.